The molecule has 5 heteroatoms. The van der Waals surface area contributed by atoms with Crippen LogP contribution in [0, 0.1) is 12.1 Å². The number of pyridine rings is 1. The molecule has 0 radical (unpaired) electrons. The van der Waals surface area contributed by atoms with E-state index in [1.165, 1.54) is 22.3 Å². The summed E-state index contributed by atoms with van der Waals surface area (Å²) in [5.41, 5.74) is 16.3. The number of hydrogen-bond acceptors (Lipinski definition) is 3. The number of rotatable bonds is 7. The molecule has 0 unspecified atom stereocenters. The van der Waals surface area contributed by atoms with Gasteiger partial charge in [0.15, 0.2) is 0 Å². The molecule has 0 amide bonds. The molecule has 0 N–H and O–H groups in total. The standard InChI is InChI=1S/C54H33N3O.Pt/c1-3-10-36(11-4-1)38-17-21-40(22-18-38)42-26-29-51-48(33-42)47-28-25-45(35-52(47)57(51)46-15-9-14-44(32-46)49-16-7-8-31-55-49)54-56-50-34-43(27-30-53(50)58-54)41-23-19-39(20-24-41)37-12-5-2-6-13-37;/h1-31,33-34H;/q-2;+2. The molecule has 3 aromatic heterocycles. The van der Waals surface area contributed by atoms with Gasteiger partial charge in [-0.2, -0.15) is 0 Å². The van der Waals surface area contributed by atoms with E-state index in [-0.39, 0.29) is 21.1 Å². The van der Waals surface area contributed by atoms with Gasteiger partial charge in [0.2, 0.25) is 0 Å². The van der Waals surface area contributed by atoms with Crippen LogP contribution in [0.2, 0.25) is 0 Å². The van der Waals surface area contributed by atoms with Crippen LogP contribution in [0.15, 0.2) is 205 Å². The van der Waals surface area contributed by atoms with Crippen LogP contribution in [0.4, 0.5) is 0 Å². The van der Waals surface area contributed by atoms with Gasteiger partial charge in [0, 0.05) is 11.7 Å². The number of aromatic nitrogens is 3. The Labute approximate surface area is 356 Å². The Morgan fingerprint density at radius 1 is 0.441 bits per heavy atom. The Balaban J connectivity index is 0.00000420. The Kier molecular flexibility index (Phi) is 9.41. The maximum Gasteiger partial charge on any atom is 2.00 e. The summed E-state index contributed by atoms with van der Waals surface area (Å²) < 4.78 is 8.66. The van der Waals surface area contributed by atoms with Gasteiger partial charge in [-0.25, -0.2) is 0 Å². The third-order valence-corrected chi connectivity index (χ3v) is 10.9. The zero-order valence-electron chi connectivity index (χ0n) is 31.6. The van der Waals surface area contributed by atoms with E-state index in [2.05, 4.69) is 179 Å². The van der Waals surface area contributed by atoms with E-state index >= 15 is 0 Å². The first-order valence-corrected chi connectivity index (χ1v) is 19.4. The molecular weight excluding hydrogens is 902 g/mol. The fraction of sp³-hybridized carbons (Fsp3) is 0. The van der Waals surface area contributed by atoms with Gasteiger partial charge in [0.25, 0.3) is 0 Å². The van der Waals surface area contributed by atoms with Gasteiger partial charge >= 0.3 is 21.1 Å². The fourth-order valence-electron chi connectivity index (χ4n) is 7.95. The maximum atomic E-state index is 6.42. The van der Waals surface area contributed by atoms with Crippen LogP contribution in [-0.2, 0) is 21.1 Å². The third-order valence-electron chi connectivity index (χ3n) is 10.9. The third kappa shape index (κ3) is 6.78. The first-order valence-electron chi connectivity index (χ1n) is 19.4. The first kappa shape index (κ1) is 36.2. The Morgan fingerprint density at radius 2 is 1.03 bits per heavy atom. The van der Waals surface area contributed by atoms with E-state index in [9.17, 15) is 0 Å². The molecule has 0 bridgehead atoms. The molecular formula is C54H33N3OPt. The Hall–Kier alpha value is -7.13. The summed E-state index contributed by atoms with van der Waals surface area (Å²) in [6, 6.07) is 75.1. The molecule has 0 saturated heterocycles. The number of oxazole rings is 1. The molecule has 4 nitrogen and oxygen atoms in total. The molecule has 11 rings (SSSR count). The average molecular weight is 935 g/mol. The molecule has 3 heterocycles. The van der Waals surface area contributed by atoms with E-state index in [4.69, 9.17) is 9.40 Å². The minimum atomic E-state index is 0. The second kappa shape index (κ2) is 15.3. The van der Waals surface area contributed by atoms with Crippen LogP contribution in [0.1, 0.15) is 0 Å². The van der Waals surface area contributed by atoms with Crippen LogP contribution in [-0.4, -0.2) is 14.5 Å². The van der Waals surface area contributed by atoms with Crippen molar-refractivity contribution >= 4 is 32.9 Å². The summed E-state index contributed by atoms with van der Waals surface area (Å²) in [6.45, 7) is 0. The summed E-state index contributed by atoms with van der Waals surface area (Å²) in [5, 5.41) is 2.20. The zero-order chi connectivity index (χ0) is 38.4. The minimum absolute atomic E-state index is 0. The summed E-state index contributed by atoms with van der Waals surface area (Å²) in [6.07, 6.45) is 1.81. The molecule has 0 aliphatic carbocycles. The molecule has 11 aromatic rings. The van der Waals surface area contributed by atoms with Gasteiger partial charge in [0.05, 0.1) is 5.52 Å². The molecule has 0 aliphatic heterocycles. The van der Waals surface area contributed by atoms with E-state index < -0.39 is 0 Å². The quantitative estimate of drug-likeness (QED) is 0.150. The van der Waals surface area contributed by atoms with Crippen LogP contribution < -0.4 is 0 Å². The van der Waals surface area contributed by atoms with Crippen LogP contribution in [0.3, 0.4) is 0 Å². The molecule has 0 atom stereocenters. The Morgan fingerprint density at radius 3 is 1.69 bits per heavy atom. The van der Waals surface area contributed by atoms with Crippen molar-refractivity contribution in [1.82, 2.24) is 14.5 Å². The van der Waals surface area contributed by atoms with Crippen molar-refractivity contribution in [1.29, 1.82) is 0 Å². The van der Waals surface area contributed by atoms with Gasteiger partial charge in [-0.1, -0.05) is 150 Å². The van der Waals surface area contributed by atoms with Crippen molar-refractivity contribution in [3.63, 3.8) is 0 Å². The number of hydrogen-bond donors (Lipinski definition) is 0. The monoisotopic (exact) mass is 934 g/mol. The van der Waals surface area contributed by atoms with Crippen molar-refractivity contribution in [3.8, 4) is 72.9 Å². The average Bonchev–Trinajstić information content (AvgIpc) is 3.88. The number of fused-ring (bicyclic) bond motifs is 4. The molecule has 0 aliphatic rings. The van der Waals surface area contributed by atoms with Crippen molar-refractivity contribution in [2.24, 2.45) is 0 Å². The van der Waals surface area contributed by atoms with E-state index in [0.29, 0.717) is 5.89 Å². The summed E-state index contributed by atoms with van der Waals surface area (Å²) in [7, 11) is 0. The van der Waals surface area contributed by atoms with E-state index in [1.807, 2.05) is 42.6 Å². The Bertz CT molecular complexity index is 3250. The van der Waals surface area contributed by atoms with Crippen LogP contribution in [0.25, 0.3) is 106 Å². The molecule has 0 saturated carbocycles. The van der Waals surface area contributed by atoms with Crippen molar-refractivity contribution in [2.75, 3.05) is 0 Å². The van der Waals surface area contributed by atoms with Crippen LogP contribution >= 0.6 is 0 Å². The minimum Gasteiger partial charge on any atom is -0.481 e. The second-order valence-electron chi connectivity index (χ2n) is 14.5. The fourth-order valence-corrected chi connectivity index (χ4v) is 7.95. The van der Waals surface area contributed by atoms with Gasteiger partial charge < -0.3 is 14.0 Å². The van der Waals surface area contributed by atoms with Crippen molar-refractivity contribution in [2.45, 2.75) is 0 Å². The largest absolute Gasteiger partial charge is 2.00 e. The molecule has 0 fully saturated rings. The van der Waals surface area contributed by atoms with Crippen LogP contribution in [0.5, 0.6) is 0 Å². The predicted octanol–water partition coefficient (Wildman–Crippen LogP) is 13.9. The smallest absolute Gasteiger partial charge is 0.481 e. The maximum absolute atomic E-state index is 6.42. The van der Waals surface area contributed by atoms with Gasteiger partial charge in [-0.3, -0.25) is 4.98 Å². The molecule has 280 valence electrons. The summed E-state index contributed by atoms with van der Waals surface area (Å²) in [4.78, 5) is 9.62. The SMILES string of the molecule is [Pt+2].[c-]1c(-c2ccccn2)cccc1-n1c2[c-]c(-c3nc4cc(-c5ccc(-c6ccccc6)cc5)ccc4o3)ccc2c2cc(-c3ccc(-c4ccccc4)cc3)ccc21. The summed E-state index contributed by atoms with van der Waals surface area (Å²) >= 11 is 0. The molecule has 0 spiro atoms. The van der Waals surface area contributed by atoms with Crippen molar-refractivity contribution < 1.29 is 25.5 Å². The topological polar surface area (TPSA) is 43.9 Å². The number of benzene rings is 8. The van der Waals surface area contributed by atoms with Gasteiger partial charge in [-0.05, 0) is 91.1 Å². The molecule has 59 heavy (non-hydrogen) atoms. The van der Waals surface area contributed by atoms with Crippen molar-refractivity contribution in [3.05, 3.63) is 212 Å². The van der Waals surface area contributed by atoms with Gasteiger partial charge in [-0.15, -0.1) is 48.0 Å². The van der Waals surface area contributed by atoms with E-state index in [1.54, 1.807) is 0 Å². The van der Waals surface area contributed by atoms with E-state index in [0.717, 1.165) is 77.7 Å². The van der Waals surface area contributed by atoms with Gasteiger partial charge in [0.1, 0.15) is 11.5 Å². The predicted molar refractivity (Wildman–Crippen MR) is 236 cm³/mol. The molecule has 8 aromatic carbocycles. The zero-order valence-corrected chi connectivity index (χ0v) is 33.9. The summed E-state index contributed by atoms with van der Waals surface area (Å²) in [5.74, 6) is 0.524. The normalized spacial score (nSPS) is 11.3. The number of nitrogens with zero attached hydrogens (tertiary/aromatic N) is 3. The second-order valence-corrected chi connectivity index (χ2v) is 14.5. The first-order chi connectivity index (χ1) is 28.7.